The normalized spacial score (nSPS) is 11.4. The van der Waals surface area contributed by atoms with Crippen LogP contribution in [0.3, 0.4) is 0 Å². The van der Waals surface area contributed by atoms with Crippen LogP contribution in [0, 0.1) is 0 Å². The van der Waals surface area contributed by atoms with E-state index in [4.69, 9.17) is 14.2 Å². The molecule has 3 heteroatoms. The van der Waals surface area contributed by atoms with Gasteiger partial charge in [0.1, 0.15) is 17.2 Å². The summed E-state index contributed by atoms with van der Waals surface area (Å²) in [5.41, 5.74) is 3.40. The molecule has 1 aromatic carbocycles. The van der Waals surface area contributed by atoms with Gasteiger partial charge in [0.15, 0.2) is 0 Å². The van der Waals surface area contributed by atoms with Crippen LogP contribution in [0.25, 0.3) is 0 Å². The molecule has 0 saturated carbocycles. The summed E-state index contributed by atoms with van der Waals surface area (Å²) in [6, 6.07) is 0. The number of hydrogen-bond acceptors (Lipinski definition) is 3. The quantitative estimate of drug-likeness (QED) is 0.732. The van der Waals surface area contributed by atoms with Crippen molar-refractivity contribution in [2.45, 2.75) is 59.3 Å². The van der Waals surface area contributed by atoms with Crippen molar-refractivity contribution >= 4 is 0 Å². The molecule has 0 aliphatic carbocycles. The van der Waals surface area contributed by atoms with Gasteiger partial charge in [0.2, 0.25) is 0 Å². The molecular weight excluding hydrogens is 264 g/mol. The molecule has 3 nitrogen and oxygen atoms in total. The van der Waals surface area contributed by atoms with Crippen molar-refractivity contribution in [1.29, 1.82) is 0 Å². The molecule has 1 aromatic rings. The minimum Gasteiger partial charge on any atom is -0.496 e. The van der Waals surface area contributed by atoms with E-state index in [1.807, 2.05) is 0 Å². The second kappa shape index (κ2) is 7.06. The van der Waals surface area contributed by atoms with Crippen LogP contribution in [0.4, 0.5) is 0 Å². The van der Waals surface area contributed by atoms with Crippen LogP contribution in [0.5, 0.6) is 17.2 Å². The summed E-state index contributed by atoms with van der Waals surface area (Å²) in [6.07, 6.45) is 0. The summed E-state index contributed by atoms with van der Waals surface area (Å²) >= 11 is 0. The molecule has 0 unspecified atom stereocenters. The van der Waals surface area contributed by atoms with E-state index in [0.29, 0.717) is 17.8 Å². The first kappa shape index (κ1) is 17.7. The predicted octanol–water partition coefficient (Wildman–Crippen LogP) is 5.08. The van der Waals surface area contributed by atoms with Crippen molar-refractivity contribution in [3.05, 3.63) is 16.7 Å². The van der Waals surface area contributed by atoms with Gasteiger partial charge in [-0.25, -0.2) is 0 Å². The van der Waals surface area contributed by atoms with E-state index in [1.165, 1.54) is 0 Å². The largest absolute Gasteiger partial charge is 0.496 e. The molecule has 0 amide bonds. The lowest BCUT2D eigenvalue weighted by atomic mass is 9.85. The van der Waals surface area contributed by atoms with Gasteiger partial charge in [-0.2, -0.15) is 0 Å². The maximum atomic E-state index is 5.76. The molecule has 0 aliphatic heterocycles. The molecule has 0 saturated heterocycles. The van der Waals surface area contributed by atoms with Gasteiger partial charge >= 0.3 is 0 Å². The number of ether oxygens (including phenoxy) is 3. The molecule has 0 atom stereocenters. The second-order valence-electron chi connectivity index (χ2n) is 6.30. The molecular formula is C18H30O3. The molecule has 21 heavy (non-hydrogen) atoms. The van der Waals surface area contributed by atoms with Crippen LogP contribution in [-0.4, -0.2) is 21.3 Å². The number of benzene rings is 1. The highest BCUT2D eigenvalue weighted by Crippen LogP contribution is 2.51. The minimum absolute atomic E-state index is 0.316. The van der Waals surface area contributed by atoms with Gasteiger partial charge in [-0.15, -0.1) is 0 Å². The summed E-state index contributed by atoms with van der Waals surface area (Å²) < 4.78 is 17.3. The first-order valence-electron chi connectivity index (χ1n) is 7.67. The number of rotatable bonds is 6. The first-order chi connectivity index (χ1) is 9.81. The van der Waals surface area contributed by atoms with Crippen molar-refractivity contribution < 1.29 is 14.2 Å². The average molecular weight is 294 g/mol. The lowest BCUT2D eigenvalue weighted by Crippen LogP contribution is -2.10. The van der Waals surface area contributed by atoms with Crippen LogP contribution in [0.15, 0.2) is 0 Å². The Hall–Kier alpha value is -1.38. The Labute approximate surface area is 129 Å². The van der Waals surface area contributed by atoms with Crippen LogP contribution < -0.4 is 14.2 Å². The van der Waals surface area contributed by atoms with E-state index in [9.17, 15) is 0 Å². The zero-order chi connectivity index (χ0) is 16.3. The Morgan fingerprint density at radius 1 is 0.476 bits per heavy atom. The molecule has 0 heterocycles. The van der Waals surface area contributed by atoms with Gasteiger partial charge in [-0.3, -0.25) is 0 Å². The highest BCUT2D eigenvalue weighted by Gasteiger charge is 2.30. The molecule has 120 valence electrons. The Morgan fingerprint density at radius 2 is 0.667 bits per heavy atom. The highest BCUT2D eigenvalue weighted by atomic mass is 16.5. The van der Waals surface area contributed by atoms with E-state index in [-0.39, 0.29) is 0 Å². The second-order valence-corrected chi connectivity index (χ2v) is 6.30. The molecule has 0 aliphatic rings. The Kier molecular flexibility index (Phi) is 5.94. The Bertz CT molecular complexity index is 395. The van der Waals surface area contributed by atoms with Gasteiger partial charge in [0, 0.05) is 16.7 Å². The van der Waals surface area contributed by atoms with E-state index < -0.39 is 0 Å². The third kappa shape index (κ3) is 3.12. The summed E-state index contributed by atoms with van der Waals surface area (Å²) in [4.78, 5) is 0. The number of hydrogen-bond donors (Lipinski definition) is 0. The zero-order valence-corrected chi connectivity index (χ0v) is 15.0. The van der Waals surface area contributed by atoms with Crippen molar-refractivity contribution in [2.24, 2.45) is 0 Å². The lowest BCUT2D eigenvalue weighted by Gasteiger charge is -2.28. The van der Waals surface area contributed by atoms with Crippen LogP contribution in [-0.2, 0) is 0 Å². The summed E-state index contributed by atoms with van der Waals surface area (Å²) in [5.74, 6) is 3.65. The number of methoxy groups -OCH3 is 3. The zero-order valence-electron chi connectivity index (χ0n) is 15.0. The molecule has 0 bridgehead atoms. The van der Waals surface area contributed by atoms with Crippen molar-refractivity contribution in [2.75, 3.05) is 21.3 Å². The first-order valence-corrected chi connectivity index (χ1v) is 7.67. The van der Waals surface area contributed by atoms with Crippen molar-refractivity contribution in [3.63, 3.8) is 0 Å². The summed E-state index contributed by atoms with van der Waals surface area (Å²) in [6.45, 7) is 13.0. The predicted molar refractivity (Wildman–Crippen MR) is 88.4 cm³/mol. The standard InChI is InChI=1S/C18H30O3/c1-10(2)13-16(19-7)14(11(3)4)18(21-9)15(12(5)6)17(13)20-8/h10-12H,1-9H3. The molecule has 0 fully saturated rings. The van der Waals surface area contributed by atoms with Gasteiger partial charge in [-0.1, -0.05) is 41.5 Å². The van der Waals surface area contributed by atoms with E-state index in [2.05, 4.69) is 41.5 Å². The van der Waals surface area contributed by atoms with E-state index >= 15 is 0 Å². The minimum atomic E-state index is 0.316. The van der Waals surface area contributed by atoms with Crippen LogP contribution in [0.1, 0.15) is 76.0 Å². The van der Waals surface area contributed by atoms with Crippen molar-refractivity contribution in [1.82, 2.24) is 0 Å². The fraction of sp³-hybridized carbons (Fsp3) is 0.667. The van der Waals surface area contributed by atoms with Gasteiger partial charge < -0.3 is 14.2 Å². The highest BCUT2D eigenvalue weighted by molar-refractivity contribution is 5.65. The SMILES string of the molecule is COc1c(C(C)C)c(OC)c(C(C)C)c(OC)c1C(C)C. The van der Waals surface area contributed by atoms with Crippen molar-refractivity contribution in [3.8, 4) is 17.2 Å². The van der Waals surface area contributed by atoms with Gasteiger partial charge in [0.05, 0.1) is 21.3 Å². The molecule has 0 N–H and O–H groups in total. The Morgan fingerprint density at radius 3 is 0.762 bits per heavy atom. The van der Waals surface area contributed by atoms with E-state index in [1.54, 1.807) is 21.3 Å². The average Bonchev–Trinajstić information content (AvgIpc) is 2.42. The molecule has 1 rings (SSSR count). The maximum Gasteiger partial charge on any atom is 0.133 e. The molecule has 0 radical (unpaired) electrons. The van der Waals surface area contributed by atoms with Crippen LogP contribution in [0.2, 0.25) is 0 Å². The topological polar surface area (TPSA) is 27.7 Å². The van der Waals surface area contributed by atoms with Gasteiger partial charge in [0.25, 0.3) is 0 Å². The maximum absolute atomic E-state index is 5.76. The monoisotopic (exact) mass is 294 g/mol. The smallest absolute Gasteiger partial charge is 0.133 e. The third-order valence-corrected chi connectivity index (χ3v) is 3.81. The third-order valence-electron chi connectivity index (χ3n) is 3.81. The van der Waals surface area contributed by atoms with E-state index in [0.717, 1.165) is 33.9 Å². The lowest BCUT2D eigenvalue weighted by molar-refractivity contribution is 0.349. The van der Waals surface area contributed by atoms with Gasteiger partial charge in [-0.05, 0) is 17.8 Å². The van der Waals surface area contributed by atoms with Crippen LogP contribution >= 0.6 is 0 Å². The fourth-order valence-corrected chi connectivity index (χ4v) is 2.98. The molecule has 0 aromatic heterocycles. The summed E-state index contributed by atoms with van der Waals surface area (Å²) in [7, 11) is 5.17. The fourth-order valence-electron chi connectivity index (χ4n) is 2.98. The Balaban J connectivity index is 3.96. The molecule has 0 spiro atoms. The summed E-state index contributed by atoms with van der Waals surface area (Å²) in [5, 5.41) is 0.